The molecular formula is C42H51N7O6. The van der Waals surface area contributed by atoms with Gasteiger partial charge in [-0.2, -0.15) is 0 Å². The molecule has 0 bridgehead atoms. The van der Waals surface area contributed by atoms with E-state index in [1.165, 1.54) is 14.2 Å². The highest BCUT2D eigenvalue weighted by atomic mass is 16.5. The molecule has 1 aromatic heterocycles. The van der Waals surface area contributed by atoms with Gasteiger partial charge in [0.25, 0.3) is 0 Å². The van der Waals surface area contributed by atoms with Gasteiger partial charge in [0.1, 0.15) is 11.9 Å². The van der Waals surface area contributed by atoms with Gasteiger partial charge in [0.05, 0.1) is 38.2 Å². The monoisotopic (exact) mass is 749 g/mol. The predicted octanol–water partition coefficient (Wildman–Crippen LogP) is 6.49. The first-order valence-electron chi connectivity index (χ1n) is 19.4. The first-order chi connectivity index (χ1) is 26.6. The van der Waals surface area contributed by atoms with Crippen molar-refractivity contribution in [3.05, 3.63) is 72.3 Å². The van der Waals surface area contributed by atoms with Crippen LogP contribution in [0.1, 0.15) is 82.6 Å². The van der Waals surface area contributed by atoms with Crippen LogP contribution in [0.25, 0.3) is 28.0 Å². The SMILES string of the molecule is COC(=O)N[C@H]1CC[C@@H](C(=O)N2CCC[C@H]2C2=NC=C(c3ccc(-c4ccc(-c5cnc([C@@H]6CCCN6C(=O)[C@@H](NC(=O)OC)C(C)C)[nH]5)cc4)cc3)C2)C1. The lowest BCUT2D eigenvalue weighted by atomic mass is 9.96. The highest BCUT2D eigenvalue weighted by Crippen LogP contribution is 2.36. The Hall–Kier alpha value is -5.46. The van der Waals surface area contributed by atoms with Crippen molar-refractivity contribution < 1.29 is 28.7 Å². The van der Waals surface area contributed by atoms with Gasteiger partial charge in [0, 0.05) is 43.4 Å². The number of hydrogen-bond donors (Lipinski definition) is 3. The highest BCUT2D eigenvalue weighted by Gasteiger charge is 2.40. The number of amides is 4. The zero-order valence-electron chi connectivity index (χ0n) is 32.0. The van der Waals surface area contributed by atoms with E-state index >= 15 is 0 Å². The minimum Gasteiger partial charge on any atom is -0.453 e. The van der Waals surface area contributed by atoms with E-state index in [4.69, 9.17) is 14.5 Å². The van der Waals surface area contributed by atoms with Crippen LogP contribution in [-0.2, 0) is 19.1 Å². The van der Waals surface area contributed by atoms with Crippen LogP contribution >= 0.6 is 0 Å². The number of nitrogens with one attached hydrogen (secondary N) is 3. The number of aromatic amines is 1. The molecule has 1 saturated carbocycles. The average molecular weight is 750 g/mol. The van der Waals surface area contributed by atoms with Crippen LogP contribution in [0.5, 0.6) is 0 Å². The molecule has 3 aromatic rings. The number of H-pyrrole nitrogens is 1. The Morgan fingerprint density at radius 2 is 1.44 bits per heavy atom. The fourth-order valence-electron chi connectivity index (χ4n) is 8.57. The largest absolute Gasteiger partial charge is 0.453 e. The van der Waals surface area contributed by atoms with Gasteiger partial charge >= 0.3 is 12.2 Å². The van der Waals surface area contributed by atoms with Crippen molar-refractivity contribution in [3.63, 3.8) is 0 Å². The zero-order valence-corrected chi connectivity index (χ0v) is 32.0. The minimum absolute atomic E-state index is 0.0183. The van der Waals surface area contributed by atoms with Gasteiger partial charge in [-0.05, 0) is 78.7 Å². The van der Waals surface area contributed by atoms with E-state index in [1.54, 1.807) is 0 Å². The van der Waals surface area contributed by atoms with Crippen LogP contribution < -0.4 is 10.6 Å². The number of rotatable bonds is 10. The molecule has 55 heavy (non-hydrogen) atoms. The van der Waals surface area contributed by atoms with Gasteiger partial charge in [-0.1, -0.05) is 62.4 Å². The molecule has 13 nitrogen and oxygen atoms in total. The van der Waals surface area contributed by atoms with Gasteiger partial charge in [-0.25, -0.2) is 14.6 Å². The number of ether oxygens (including phenoxy) is 2. The quantitative estimate of drug-likeness (QED) is 0.214. The predicted molar refractivity (Wildman–Crippen MR) is 209 cm³/mol. The number of nitrogens with zero attached hydrogens (tertiary/aromatic N) is 4. The van der Waals surface area contributed by atoms with Crippen LogP contribution in [-0.4, -0.2) is 94.9 Å². The number of carbonyl (C=O) groups excluding carboxylic acids is 4. The Labute approximate surface area is 322 Å². The number of likely N-dealkylation sites (tertiary alicyclic amines) is 2. The maximum Gasteiger partial charge on any atom is 0.407 e. The fraction of sp³-hybridized carbons (Fsp3) is 0.476. The highest BCUT2D eigenvalue weighted by molar-refractivity contribution is 6.03. The third kappa shape index (κ3) is 8.16. The second kappa shape index (κ2) is 16.5. The molecule has 0 unspecified atom stereocenters. The molecule has 0 spiro atoms. The molecule has 1 aliphatic carbocycles. The number of aliphatic imine (C=N–C) groups is 1. The molecule has 4 amide bonds. The Morgan fingerprint density at radius 3 is 2.11 bits per heavy atom. The molecule has 290 valence electrons. The summed E-state index contributed by atoms with van der Waals surface area (Å²) in [6, 6.07) is 16.0. The molecule has 0 radical (unpaired) electrons. The van der Waals surface area contributed by atoms with E-state index in [-0.39, 0.29) is 41.8 Å². The summed E-state index contributed by atoms with van der Waals surface area (Å²) in [4.78, 5) is 67.5. The van der Waals surface area contributed by atoms with Crippen LogP contribution in [0, 0.1) is 11.8 Å². The van der Waals surface area contributed by atoms with Crippen LogP contribution in [0.4, 0.5) is 9.59 Å². The molecule has 3 aliphatic heterocycles. The topological polar surface area (TPSA) is 158 Å². The maximum atomic E-state index is 13.6. The number of methoxy groups -OCH3 is 2. The Kier molecular flexibility index (Phi) is 11.4. The Balaban J connectivity index is 0.946. The first kappa shape index (κ1) is 37.8. The van der Waals surface area contributed by atoms with Crippen molar-refractivity contribution in [1.29, 1.82) is 0 Å². The summed E-state index contributed by atoms with van der Waals surface area (Å²) in [5, 5.41) is 5.55. The number of imidazole rings is 1. The zero-order chi connectivity index (χ0) is 38.6. The summed E-state index contributed by atoms with van der Waals surface area (Å²) in [6.07, 6.45) is 9.16. The minimum atomic E-state index is -0.680. The summed E-state index contributed by atoms with van der Waals surface area (Å²) >= 11 is 0. The first-order valence-corrected chi connectivity index (χ1v) is 19.4. The van der Waals surface area contributed by atoms with Crippen molar-refractivity contribution in [2.45, 2.75) is 89.4 Å². The Bertz CT molecular complexity index is 1950. The van der Waals surface area contributed by atoms with Gasteiger partial charge < -0.3 is 34.9 Å². The van der Waals surface area contributed by atoms with Gasteiger partial charge in [0.2, 0.25) is 11.8 Å². The average Bonchev–Trinajstić information content (AvgIpc) is 4.05. The molecule has 2 aromatic carbocycles. The second-order valence-electron chi connectivity index (χ2n) is 15.4. The van der Waals surface area contributed by atoms with Crippen molar-refractivity contribution in [2.75, 3.05) is 27.3 Å². The van der Waals surface area contributed by atoms with E-state index in [0.717, 1.165) is 96.5 Å². The van der Waals surface area contributed by atoms with E-state index in [2.05, 4.69) is 69.1 Å². The molecule has 3 fully saturated rings. The lowest BCUT2D eigenvalue weighted by Crippen LogP contribution is -2.51. The van der Waals surface area contributed by atoms with Crippen molar-refractivity contribution >= 4 is 35.3 Å². The van der Waals surface area contributed by atoms with Gasteiger partial charge in [0.15, 0.2) is 0 Å². The Morgan fingerprint density at radius 1 is 0.800 bits per heavy atom. The third-order valence-electron chi connectivity index (χ3n) is 11.6. The number of allylic oxidation sites excluding steroid dienone is 1. The molecule has 2 saturated heterocycles. The van der Waals surface area contributed by atoms with E-state index < -0.39 is 18.2 Å². The van der Waals surface area contributed by atoms with Crippen LogP contribution in [0.3, 0.4) is 0 Å². The molecule has 13 heteroatoms. The standard InChI is InChI=1S/C42H51N7O6/c1-25(2)37(47-42(53)55-4)40(51)49-20-6-8-36(49)38-44-24-34(46-38)29-15-13-27(14-16-29)26-9-11-28(12-10-26)31-22-33(43-23-31)35-7-5-19-48(35)39(50)30-17-18-32(21-30)45-41(52)54-3/h9-16,23-25,30,32,35-37H,5-8,17-22H2,1-4H3,(H,44,46)(H,45,52)(H,47,53)/t30-,32+,35+,36+,37+/m1/s1. The lowest BCUT2D eigenvalue weighted by Gasteiger charge is -2.30. The van der Waals surface area contributed by atoms with E-state index in [1.807, 2.05) is 36.0 Å². The summed E-state index contributed by atoms with van der Waals surface area (Å²) < 4.78 is 9.50. The summed E-state index contributed by atoms with van der Waals surface area (Å²) in [5.74, 6) is 0.595. The number of alkyl carbamates (subject to hydrolysis) is 2. The van der Waals surface area contributed by atoms with Gasteiger partial charge in [-0.15, -0.1) is 0 Å². The number of aromatic nitrogens is 2. The third-order valence-corrected chi connectivity index (χ3v) is 11.6. The van der Waals surface area contributed by atoms with Crippen molar-refractivity contribution in [2.24, 2.45) is 16.8 Å². The molecular weight excluding hydrogens is 699 g/mol. The lowest BCUT2D eigenvalue weighted by molar-refractivity contribution is -0.136. The second-order valence-corrected chi connectivity index (χ2v) is 15.4. The summed E-state index contributed by atoms with van der Waals surface area (Å²) in [7, 11) is 2.65. The number of carbonyl (C=O) groups is 4. The summed E-state index contributed by atoms with van der Waals surface area (Å²) in [5.41, 5.74) is 7.38. The van der Waals surface area contributed by atoms with Crippen LogP contribution in [0.15, 0.2) is 65.9 Å². The maximum absolute atomic E-state index is 13.6. The van der Waals surface area contributed by atoms with E-state index in [9.17, 15) is 19.2 Å². The smallest absolute Gasteiger partial charge is 0.407 e. The molecule has 4 heterocycles. The molecule has 4 aliphatic rings. The molecule has 3 N–H and O–H groups in total. The van der Waals surface area contributed by atoms with Crippen molar-refractivity contribution in [3.8, 4) is 22.4 Å². The van der Waals surface area contributed by atoms with Crippen LogP contribution in [0.2, 0.25) is 0 Å². The van der Waals surface area contributed by atoms with E-state index in [0.29, 0.717) is 13.0 Å². The van der Waals surface area contributed by atoms with Crippen molar-refractivity contribution in [1.82, 2.24) is 30.4 Å². The summed E-state index contributed by atoms with van der Waals surface area (Å²) in [6.45, 7) is 5.16. The number of benzene rings is 2. The molecule has 5 atom stereocenters. The van der Waals surface area contributed by atoms with Gasteiger partial charge in [-0.3, -0.25) is 14.6 Å². The molecule has 7 rings (SSSR count). The normalized spacial score (nSPS) is 22.7. The fourth-order valence-corrected chi connectivity index (χ4v) is 8.57. The number of hydrogen-bond acceptors (Lipinski definition) is 8.